The molecule has 2 N–H and O–H groups in total. The Kier molecular flexibility index (Phi) is 13.3. The van der Waals surface area contributed by atoms with Gasteiger partial charge < -0.3 is 34.2 Å². The molecule has 3 atom stereocenters. The average Bonchev–Trinajstić information content (AvgIpc) is 3.98. The summed E-state index contributed by atoms with van der Waals surface area (Å²) in [5.41, 5.74) is 3.64. The standard InChI is InChI=1S/C35H38Cl2N8O4.C4H4O4/c1-3-25(2)45-34(46)44(24-40-45)29-7-5-27(6-8-29)41-14-16-42(17-15-41)28-9-11-30(12-10-28)47-19-31-20-48-35(49-31,21-43-23-38-22-39-43)32-13-4-26(36)18-33(32)37;5-3(6)1-2-4(7)8/h4-13,18,22-25,31H,3,14-17,19-21H2,1-2H3;1-2H,(H,5,6)(H,7,8)/b;2-1+/t25?,31-,35-;/m0./s1. The van der Waals surface area contributed by atoms with Crippen LogP contribution in [0.15, 0.2) is 103 Å². The number of carbonyl (C=O) groups is 2. The van der Waals surface area contributed by atoms with Crippen molar-refractivity contribution < 1.29 is 34.0 Å². The highest BCUT2D eigenvalue weighted by atomic mass is 35.5. The summed E-state index contributed by atoms with van der Waals surface area (Å²) >= 11 is 12.7. The van der Waals surface area contributed by atoms with Crippen molar-refractivity contribution in [2.24, 2.45) is 0 Å². The lowest BCUT2D eigenvalue weighted by Crippen LogP contribution is -2.46. The van der Waals surface area contributed by atoms with Crippen molar-refractivity contribution in [3.8, 4) is 11.4 Å². The highest BCUT2D eigenvalue weighted by Crippen LogP contribution is 2.40. The summed E-state index contributed by atoms with van der Waals surface area (Å²) in [7, 11) is 0. The number of aromatic nitrogens is 6. The van der Waals surface area contributed by atoms with Crippen LogP contribution in [-0.4, -0.2) is 96.8 Å². The highest BCUT2D eigenvalue weighted by molar-refractivity contribution is 6.35. The molecule has 0 amide bonds. The molecule has 2 aliphatic rings. The number of carboxylic acids is 2. The minimum absolute atomic E-state index is 0.0645. The van der Waals surface area contributed by atoms with Gasteiger partial charge in [0.2, 0.25) is 5.79 Å². The number of nitrogens with zero attached hydrogens (tertiary/aromatic N) is 8. The highest BCUT2D eigenvalue weighted by Gasteiger charge is 2.45. The number of ether oxygens (including phenoxy) is 3. The van der Waals surface area contributed by atoms with E-state index in [4.69, 9.17) is 47.6 Å². The topological polar surface area (TPSA) is 179 Å². The molecule has 2 aromatic heterocycles. The Morgan fingerprint density at radius 1 is 0.912 bits per heavy atom. The Labute approximate surface area is 338 Å². The fraction of sp³-hybridized carbons (Fsp3) is 0.333. The minimum atomic E-state index is -1.26. The number of carboxylic acid groups (broad SMARTS) is 2. The van der Waals surface area contributed by atoms with Gasteiger partial charge in [0.1, 0.15) is 44.0 Å². The number of halogens is 2. The average molecular weight is 822 g/mol. The third-order valence-corrected chi connectivity index (χ3v) is 10.1. The van der Waals surface area contributed by atoms with Crippen LogP contribution in [0.4, 0.5) is 11.4 Å². The van der Waals surface area contributed by atoms with Gasteiger partial charge in [-0.2, -0.15) is 10.2 Å². The number of piperazine rings is 1. The molecule has 2 saturated heterocycles. The van der Waals surface area contributed by atoms with E-state index in [0.717, 1.165) is 55.4 Å². The molecule has 18 heteroatoms. The Bertz CT molecular complexity index is 2190. The molecular formula is C39H42Cl2N8O8. The van der Waals surface area contributed by atoms with Crippen molar-refractivity contribution in [3.63, 3.8) is 0 Å². The van der Waals surface area contributed by atoms with Crippen molar-refractivity contribution in [2.75, 3.05) is 49.2 Å². The maximum Gasteiger partial charge on any atom is 0.350 e. The maximum absolute atomic E-state index is 12.8. The zero-order chi connectivity index (χ0) is 40.5. The van der Waals surface area contributed by atoms with Crippen LogP contribution in [0, 0.1) is 0 Å². The van der Waals surface area contributed by atoms with Gasteiger partial charge in [0.05, 0.1) is 23.4 Å². The van der Waals surface area contributed by atoms with Crippen molar-refractivity contribution in [2.45, 2.75) is 44.7 Å². The van der Waals surface area contributed by atoms with E-state index < -0.39 is 17.7 Å². The van der Waals surface area contributed by atoms with Gasteiger partial charge >= 0.3 is 17.6 Å². The number of hydrogen-bond donors (Lipinski definition) is 2. The molecule has 4 heterocycles. The van der Waals surface area contributed by atoms with Crippen LogP contribution in [0.5, 0.6) is 5.75 Å². The lowest BCUT2D eigenvalue weighted by Gasteiger charge is -2.37. The molecule has 0 radical (unpaired) electrons. The number of rotatable bonds is 13. The molecule has 2 aliphatic heterocycles. The lowest BCUT2D eigenvalue weighted by atomic mass is 10.1. The molecule has 1 unspecified atom stereocenters. The van der Waals surface area contributed by atoms with Crippen LogP contribution in [-0.2, 0) is 31.4 Å². The van der Waals surface area contributed by atoms with Gasteiger partial charge in [-0.3, -0.25) is 0 Å². The molecule has 5 aromatic rings. The molecule has 300 valence electrons. The van der Waals surface area contributed by atoms with Gasteiger partial charge in [-0.25, -0.2) is 33.3 Å². The van der Waals surface area contributed by atoms with Gasteiger partial charge in [-0.05, 0) is 74.0 Å². The van der Waals surface area contributed by atoms with E-state index in [2.05, 4.69) is 49.2 Å². The summed E-state index contributed by atoms with van der Waals surface area (Å²) in [4.78, 5) is 40.7. The second-order valence-corrected chi connectivity index (χ2v) is 14.2. The molecule has 57 heavy (non-hydrogen) atoms. The minimum Gasteiger partial charge on any atom is -0.491 e. The summed E-state index contributed by atoms with van der Waals surface area (Å²) in [6.45, 7) is 8.48. The molecule has 2 fully saturated rings. The smallest absolute Gasteiger partial charge is 0.350 e. The van der Waals surface area contributed by atoms with E-state index in [9.17, 15) is 14.4 Å². The van der Waals surface area contributed by atoms with E-state index in [1.807, 2.05) is 44.2 Å². The first kappa shape index (κ1) is 41.0. The molecule has 16 nitrogen and oxygen atoms in total. The lowest BCUT2D eigenvalue weighted by molar-refractivity contribution is -0.190. The van der Waals surface area contributed by atoms with Crippen LogP contribution < -0.4 is 20.2 Å². The first-order valence-electron chi connectivity index (χ1n) is 18.2. The van der Waals surface area contributed by atoms with Gasteiger partial charge in [0.15, 0.2) is 0 Å². The Morgan fingerprint density at radius 3 is 2.09 bits per heavy atom. The predicted molar refractivity (Wildman–Crippen MR) is 213 cm³/mol. The summed E-state index contributed by atoms with van der Waals surface area (Å²) in [5, 5.41) is 25.1. The Balaban J connectivity index is 0.000000622. The van der Waals surface area contributed by atoms with Crippen molar-refractivity contribution in [1.29, 1.82) is 0 Å². The first-order valence-corrected chi connectivity index (χ1v) is 18.9. The summed E-state index contributed by atoms with van der Waals surface area (Å²) in [5.74, 6) is -2.92. The van der Waals surface area contributed by atoms with E-state index in [0.29, 0.717) is 41.0 Å². The zero-order valence-corrected chi connectivity index (χ0v) is 32.7. The molecule has 0 aliphatic carbocycles. The Hall–Kier alpha value is -5.68. The van der Waals surface area contributed by atoms with E-state index in [1.54, 1.807) is 34.0 Å². The van der Waals surface area contributed by atoms with Gasteiger partial charge in [-0.15, -0.1) is 0 Å². The monoisotopic (exact) mass is 820 g/mol. The van der Waals surface area contributed by atoms with Crippen molar-refractivity contribution in [1.82, 2.24) is 29.1 Å². The SMILES string of the molecule is CCC(C)n1ncn(-c2ccc(N3CCN(c4ccc(OC[C@H]5CO[C@](Cn6cncn6)(c6ccc(Cl)cc6Cl)O5)cc4)CC3)cc2)c1=O.O=C(O)/C=C/C(=O)O. The third-order valence-electron chi connectivity index (χ3n) is 9.52. The quantitative estimate of drug-likeness (QED) is 0.147. The molecule has 3 aromatic carbocycles. The molecule has 0 saturated carbocycles. The number of aliphatic carboxylic acids is 2. The van der Waals surface area contributed by atoms with Crippen LogP contribution in [0.2, 0.25) is 10.0 Å². The molecule has 0 spiro atoms. The molecule has 7 rings (SSSR count). The number of benzene rings is 3. The zero-order valence-electron chi connectivity index (χ0n) is 31.2. The van der Waals surface area contributed by atoms with Gasteiger partial charge in [0, 0.05) is 60.3 Å². The number of hydrogen-bond acceptors (Lipinski definition) is 11. The number of anilines is 2. The van der Waals surface area contributed by atoms with Gasteiger partial charge in [0.25, 0.3) is 0 Å². The van der Waals surface area contributed by atoms with Crippen LogP contribution in [0.25, 0.3) is 5.69 Å². The summed E-state index contributed by atoms with van der Waals surface area (Å²) < 4.78 is 23.7. The predicted octanol–water partition coefficient (Wildman–Crippen LogP) is 5.29. The first-order chi connectivity index (χ1) is 27.4. The normalized spacial score (nSPS) is 18.6. The van der Waals surface area contributed by atoms with Crippen LogP contribution in [0.3, 0.4) is 0 Å². The van der Waals surface area contributed by atoms with Crippen molar-refractivity contribution in [3.05, 3.63) is 124 Å². The Morgan fingerprint density at radius 2 is 1.53 bits per heavy atom. The van der Waals surface area contributed by atoms with E-state index in [1.165, 1.54) is 11.0 Å². The second-order valence-electron chi connectivity index (χ2n) is 13.3. The van der Waals surface area contributed by atoms with Crippen molar-refractivity contribution >= 4 is 46.5 Å². The van der Waals surface area contributed by atoms with Gasteiger partial charge in [-0.1, -0.05) is 36.2 Å². The molecular weight excluding hydrogens is 779 g/mol. The summed E-state index contributed by atoms with van der Waals surface area (Å²) in [6.07, 6.45) is 6.30. The molecule has 0 bridgehead atoms. The van der Waals surface area contributed by atoms with Crippen LogP contribution >= 0.6 is 23.2 Å². The third kappa shape index (κ3) is 10.2. The summed E-state index contributed by atoms with van der Waals surface area (Å²) in [6, 6.07) is 21.6. The largest absolute Gasteiger partial charge is 0.491 e. The van der Waals surface area contributed by atoms with E-state index >= 15 is 0 Å². The second kappa shape index (κ2) is 18.5. The fourth-order valence-electron chi connectivity index (χ4n) is 6.38. The maximum atomic E-state index is 12.8. The van der Waals surface area contributed by atoms with Crippen LogP contribution in [0.1, 0.15) is 31.9 Å². The fourth-order valence-corrected chi connectivity index (χ4v) is 6.94. The van der Waals surface area contributed by atoms with E-state index in [-0.39, 0.29) is 24.4 Å².